The van der Waals surface area contributed by atoms with E-state index in [1.807, 2.05) is 16.7 Å². The van der Waals surface area contributed by atoms with E-state index in [0.29, 0.717) is 47.8 Å². The van der Waals surface area contributed by atoms with Crippen molar-refractivity contribution in [2.24, 2.45) is 0 Å². The van der Waals surface area contributed by atoms with E-state index in [4.69, 9.17) is 14.2 Å². The van der Waals surface area contributed by atoms with Crippen molar-refractivity contribution in [2.45, 2.75) is 31.7 Å². The number of benzene rings is 2. The van der Waals surface area contributed by atoms with Gasteiger partial charge in [0.05, 0.1) is 5.75 Å². The molecule has 1 aromatic heterocycles. The molecule has 0 fully saturated rings. The quantitative estimate of drug-likeness (QED) is 0.258. The third kappa shape index (κ3) is 5.13. The van der Waals surface area contributed by atoms with Gasteiger partial charge in [-0.1, -0.05) is 36.9 Å². The number of rotatable bonds is 10. The maximum Gasteiger partial charge on any atom is 0.192 e. The number of aromatic nitrogens is 3. The highest BCUT2D eigenvalue weighted by Crippen LogP contribution is 2.31. The second kappa shape index (κ2) is 10.4. The van der Waals surface area contributed by atoms with E-state index < -0.39 is 0 Å². The van der Waals surface area contributed by atoms with Crippen molar-refractivity contribution in [1.29, 1.82) is 0 Å². The number of aryl methyl sites for hydroxylation is 1. The lowest BCUT2D eigenvalue weighted by atomic mass is 10.1. The number of ketones is 1. The molecule has 0 atom stereocenters. The van der Waals surface area contributed by atoms with Crippen molar-refractivity contribution in [3.05, 3.63) is 72.1 Å². The van der Waals surface area contributed by atoms with Gasteiger partial charge in [-0.3, -0.25) is 9.36 Å². The number of hydrogen-bond donors (Lipinski definition) is 0. The molecule has 0 bridgehead atoms. The number of Topliss-reactive ketones (excluding diaryl/α,β-unsaturated/α-hetero) is 1. The number of carbonyl (C=O) groups is 1. The summed E-state index contributed by atoms with van der Waals surface area (Å²) in [6.45, 7) is 7.75. The minimum absolute atomic E-state index is 0.0195. The smallest absolute Gasteiger partial charge is 0.192 e. The fourth-order valence-corrected chi connectivity index (χ4v) is 4.11. The Morgan fingerprint density at radius 1 is 1.16 bits per heavy atom. The van der Waals surface area contributed by atoms with Crippen molar-refractivity contribution in [3.63, 3.8) is 0 Å². The van der Waals surface area contributed by atoms with Crippen molar-refractivity contribution in [2.75, 3.05) is 19.0 Å². The van der Waals surface area contributed by atoms with Crippen LogP contribution in [0.15, 0.2) is 60.3 Å². The summed E-state index contributed by atoms with van der Waals surface area (Å²) in [7, 11) is 0. The van der Waals surface area contributed by atoms with Gasteiger partial charge < -0.3 is 14.2 Å². The van der Waals surface area contributed by atoms with Gasteiger partial charge in [-0.25, -0.2) is 0 Å². The van der Waals surface area contributed by atoms with Crippen LogP contribution in [0.1, 0.15) is 28.7 Å². The third-order valence-corrected chi connectivity index (χ3v) is 5.97. The summed E-state index contributed by atoms with van der Waals surface area (Å²) in [5, 5.41) is 9.17. The number of hydrogen-bond acceptors (Lipinski definition) is 7. The van der Waals surface area contributed by atoms with Gasteiger partial charge in [0.15, 0.2) is 28.3 Å². The van der Waals surface area contributed by atoms with Gasteiger partial charge in [-0.15, -0.1) is 16.8 Å². The summed E-state index contributed by atoms with van der Waals surface area (Å²) in [6.07, 6.45) is 2.76. The molecular weight excluding hydrogens is 426 g/mol. The minimum atomic E-state index is -0.0195. The van der Waals surface area contributed by atoms with Crippen LogP contribution in [0.4, 0.5) is 0 Å². The molecule has 0 amide bonds. The molecule has 0 saturated carbocycles. The van der Waals surface area contributed by atoms with Crippen LogP contribution in [0, 0.1) is 0 Å². The van der Waals surface area contributed by atoms with Crippen molar-refractivity contribution >= 4 is 17.5 Å². The van der Waals surface area contributed by atoms with E-state index in [2.05, 4.69) is 35.8 Å². The van der Waals surface area contributed by atoms with Crippen LogP contribution in [0.25, 0.3) is 0 Å². The van der Waals surface area contributed by atoms with Gasteiger partial charge in [0.25, 0.3) is 0 Å². The van der Waals surface area contributed by atoms with E-state index in [9.17, 15) is 4.79 Å². The van der Waals surface area contributed by atoms with Gasteiger partial charge in [0.2, 0.25) is 0 Å². The summed E-state index contributed by atoms with van der Waals surface area (Å²) in [5.41, 5.74) is 1.84. The highest BCUT2D eigenvalue weighted by atomic mass is 32.2. The van der Waals surface area contributed by atoms with Crippen molar-refractivity contribution < 1.29 is 19.0 Å². The van der Waals surface area contributed by atoms with E-state index in [1.165, 1.54) is 17.3 Å². The second-order valence-corrected chi connectivity index (χ2v) is 8.10. The molecule has 8 heteroatoms. The Hall–Kier alpha value is -3.26. The number of fused-ring (bicyclic) bond motifs is 1. The van der Waals surface area contributed by atoms with Gasteiger partial charge in [0.1, 0.15) is 25.6 Å². The number of nitrogens with zero attached hydrogens (tertiary/aromatic N) is 3. The molecule has 1 aliphatic rings. The molecule has 0 spiro atoms. The van der Waals surface area contributed by atoms with Crippen LogP contribution in [-0.2, 0) is 19.6 Å². The average Bonchev–Trinajstić information content (AvgIpc) is 3.22. The molecule has 0 N–H and O–H groups in total. The molecule has 166 valence electrons. The fraction of sp³-hybridized carbons (Fsp3) is 0.292. The monoisotopic (exact) mass is 451 g/mol. The minimum Gasteiger partial charge on any atom is -0.486 e. The summed E-state index contributed by atoms with van der Waals surface area (Å²) >= 11 is 1.34. The van der Waals surface area contributed by atoms with Gasteiger partial charge in [-0.2, -0.15) is 0 Å². The van der Waals surface area contributed by atoms with Crippen LogP contribution in [0.3, 0.4) is 0 Å². The van der Waals surface area contributed by atoms with E-state index in [0.717, 1.165) is 12.2 Å². The molecular formula is C24H25N3O4S. The van der Waals surface area contributed by atoms with Crippen molar-refractivity contribution in [1.82, 2.24) is 14.8 Å². The zero-order chi connectivity index (χ0) is 22.3. The normalized spacial score (nSPS) is 12.4. The van der Waals surface area contributed by atoms with Crippen LogP contribution >= 0.6 is 11.8 Å². The number of thioether (sulfide) groups is 1. The first-order chi connectivity index (χ1) is 15.7. The Morgan fingerprint density at radius 3 is 2.69 bits per heavy atom. The highest BCUT2D eigenvalue weighted by Gasteiger charge is 2.18. The van der Waals surface area contributed by atoms with Crippen LogP contribution in [0.2, 0.25) is 0 Å². The Bertz CT molecular complexity index is 1100. The average molecular weight is 452 g/mol. The van der Waals surface area contributed by atoms with Crippen molar-refractivity contribution in [3.8, 4) is 17.2 Å². The molecule has 3 aromatic rings. The molecule has 0 saturated heterocycles. The molecule has 0 unspecified atom stereocenters. The van der Waals surface area contributed by atoms with Crippen LogP contribution < -0.4 is 14.2 Å². The Morgan fingerprint density at radius 2 is 1.94 bits per heavy atom. The SMILES string of the molecule is C=CCn1c(COc2ccc(CC)cc2)nnc1SCC(=O)c1ccc2c(c1)OCCO2. The predicted octanol–water partition coefficient (Wildman–Crippen LogP) is 4.35. The molecule has 0 radical (unpaired) electrons. The maximum absolute atomic E-state index is 12.7. The molecule has 32 heavy (non-hydrogen) atoms. The molecule has 7 nitrogen and oxygen atoms in total. The zero-order valence-corrected chi connectivity index (χ0v) is 18.8. The van der Waals surface area contributed by atoms with Crippen LogP contribution in [0.5, 0.6) is 17.2 Å². The van der Waals surface area contributed by atoms with E-state index in [-0.39, 0.29) is 18.1 Å². The van der Waals surface area contributed by atoms with Gasteiger partial charge >= 0.3 is 0 Å². The van der Waals surface area contributed by atoms with Gasteiger partial charge in [-0.05, 0) is 42.3 Å². The summed E-state index contributed by atoms with van der Waals surface area (Å²) in [5.74, 6) is 2.94. The number of carbonyl (C=O) groups excluding carboxylic acids is 1. The summed E-state index contributed by atoms with van der Waals surface area (Å²) < 4.78 is 18.9. The largest absolute Gasteiger partial charge is 0.486 e. The second-order valence-electron chi connectivity index (χ2n) is 7.15. The summed E-state index contributed by atoms with van der Waals surface area (Å²) in [6, 6.07) is 13.3. The highest BCUT2D eigenvalue weighted by molar-refractivity contribution is 7.99. The predicted molar refractivity (Wildman–Crippen MR) is 123 cm³/mol. The molecule has 0 aliphatic carbocycles. The fourth-order valence-electron chi connectivity index (χ4n) is 3.24. The Labute approximate surface area is 191 Å². The lowest BCUT2D eigenvalue weighted by Gasteiger charge is -2.18. The standard InChI is InChI=1S/C24H25N3O4S/c1-3-11-27-23(15-31-19-8-5-17(4-2)6-9-19)25-26-24(27)32-16-20(28)18-7-10-21-22(14-18)30-13-12-29-21/h3,5-10,14H,1,4,11-13,15-16H2,2H3. The molecule has 4 rings (SSSR count). The first-order valence-electron chi connectivity index (χ1n) is 10.5. The molecule has 1 aliphatic heterocycles. The summed E-state index contributed by atoms with van der Waals surface area (Å²) in [4.78, 5) is 12.7. The first kappa shape index (κ1) is 22.0. The topological polar surface area (TPSA) is 75.5 Å². The third-order valence-electron chi connectivity index (χ3n) is 5.00. The maximum atomic E-state index is 12.7. The van der Waals surface area contributed by atoms with E-state index in [1.54, 1.807) is 24.3 Å². The molecule has 2 aromatic carbocycles. The number of allylic oxidation sites excluding steroid dienone is 1. The lowest BCUT2D eigenvalue weighted by molar-refractivity contribution is 0.102. The van der Waals surface area contributed by atoms with Gasteiger partial charge in [0, 0.05) is 12.1 Å². The van der Waals surface area contributed by atoms with Crippen LogP contribution in [-0.4, -0.2) is 39.5 Å². The lowest BCUT2D eigenvalue weighted by Crippen LogP contribution is -2.16. The Balaban J connectivity index is 1.40. The number of ether oxygens (including phenoxy) is 3. The Kier molecular flexibility index (Phi) is 7.11. The molecule has 2 heterocycles. The zero-order valence-electron chi connectivity index (χ0n) is 18.0. The van der Waals surface area contributed by atoms with E-state index >= 15 is 0 Å². The first-order valence-corrected chi connectivity index (χ1v) is 11.5.